The van der Waals surface area contributed by atoms with E-state index in [0.717, 1.165) is 14.2 Å². The topological polar surface area (TPSA) is 101 Å². The van der Waals surface area contributed by atoms with Crippen molar-refractivity contribution in [3.8, 4) is 11.5 Å². The lowest BCUT2D eigenvalue weighted by atomic mass is 10.3. The molecule has 0 fully saturated rings. The minimum atomic E-state index is -5.12. The molecule has 0 N–H and O–H groups in total. The van der Waals surface area contributed by atoms with Crippen LogP contribution in [0.15, 0.2) is 6.07 Å². The lowest BCUT2D eigenvalue weighted by Gasteiger charge is -2.11. The molecule has 1 rings (SSSR count). The van der Waals surface area contributed by atoms with Gasteiger partial charge in [-0.25, -0.2) is 4.79 Å². The number of alkyl halides is 3. The first-order chi connectivity index (χ1) is 9.19. The van der Waals surface area contributed by atoms with Crippen LogP contribution in [-0.4, -0.2) is 36.5 Å². The average molecular weight is 296 g/mol. The van der Waals surface area contributed by atoms with Crippen LogP contribution in [0.5, 0.6) is 11.5 Å². The number of esters is 1. The van der Waals surface area contributed by atoms with Crippen molar-refractivity contribution >= 4 is 11.8 Å². The highest BCUT2D eigenvalue weighted by atomic mass is 19.4. The molecule has 0 radical (unpaired) electrons. The number of hydrogen-bond acceptors (Lipinski definition) is 7. The van der Waals surface area contributed by atoms with Crippen LogP contribution in [0.25, 0.3) is 0 Å². The normalized spacial score (nSPS) is 10.8. The molecule has 1 aromatic rings. The quantitative estimate of drug-likeness (QED) is 0.473. The Balaban J connectivity index is 3.47. The van der Waals surface area contributed by atoms with E-state index in [9.17, 15) is 28.1 Å². The van der Waals surface area contributed by atoms with Gasteiger partial charge in [0.25, 0.3) is 0 Å². The molecule has 0 saturated carbocycles. The maximum atomic E-state index is 12.2. The number of rotatable bonds is 4. The smallest absolute Gasteiger partial charge is 0.489 e. The number of hydrogen-bond donors (Lipinski definition) is 0. The van der Waals surface area contributed by atoms with Crippen molar-refractivity contribution < 1.29 is 37.1 Å². The monoisotopic (exact) mass is 296 g/mol. The molecule has 0 aliphatic carbocycles. The van der Waals surface area contributed by atoms with Gasteiger partial charge in [-0.2, -0.15) is 0 Å². The van der Waals surface area contributed by atoms with Crippen LogP contribution in [0.1, 0.15) is 10.5 Å². The molecule has 110 valence electrons. The number of carbonyl (C=O) groups excluding carboxylic acids is 1. The fourth-order valence-electron chi connectivity index (χ4n) is 1.19. The molecule has 0 unspecified atom stereocenters. The molecular formula is C9H7F3N2O6. The van der Waals surface area contributed by atoms with E-state index in [-0.39, 0.29) is 0 Å². The Morgan fingerprint density at radius 3 is 2.35 bits per heavy atom. The summed E-state index contributed by atoms with van der Waals surface area (Å²) in [7, 11) is 1.86. The predicted molar refractivity (Wildman–Crippen MR) is 55.5 cm³/mol. The van der Waals surface area contributed by atoms with E-state index in [2.05, 4.69) is 19.2 Å². The number of pyridine rings is 1. The highest BCUT2D eigenvalue weighted by Gasteiger charge is 2.37. The van der Waals surface area contributed by atoms with E-state index in [0.29, 0.717) is 6.07 Å². The van der Waals surface area contributed by atoms with Gasteiger partial charge >= 0.3 is 23.8 Å². The lowest BCUT2D eigenvalue weighted by molar-refractivity contribution is -0.390. The molecule has 8 nitrogen and oxygen atoms in total. The van der Waals surface area contributed by atoms with E-state index in [1.165, 1.54) is 0 Å². The van der Waals surface area contributed by atoms with Gasteiger partial charge in [0.05, 0.1) is 14.2 Å². The maximum absolute atomic E-state index is 12.2. The predicted octanol–water partition coefficient (Wildman–Crippen LogP) is 1.68. The average Bonchev–Trinajstić information content (AvgIpc) is 2.35. The summed E-state index contributed by atoms with van der Waals surface area (Å²) >= 11 is 0. The van der Waals surface area contributed by atoms with E-state index in [4.69, 9.17) is 0 Å². The first-order valence-corrected chi connectivity index (χ1v) is 4.77. The molecule has 11 heteroatoms. The summed E-state index contributed by atoms with van der Waals surface area (Å²) in [5, 5.41) is 10.7. The Morgan fingerprint density at radius 1 is 1.35 bits per heavy atom. The van der Waals surface area contributed by atoms with Crippen LogP contribution in [0.2, 0.25) is 0 Å². The summed E-state index contributed by atoms with van der Waals surface area (Å²) < 4.78 is 48.9. The summed E-state index contributed by atoms with van der Waals surface area (Å²) in [5.41, 5.74) is -0.989. The fourth-order valence-corrected chi connectivity index (χ4v) is 1.19. The van der Waals surface area contributed by atoms with Gasteiger partial charge in [0.2, 0.25) is 5.75 Å². The second kappa shape index (κ2) is 5.59. The van der Waals surface area contributed by atoms with Gasteiger partial charge in [0, 0.05) is 6.07 Å². The van der Waals surface area contributed by atoms with Crippen LogP contribution in [0.3, 0.4) is 0 Å². The second-order valence-electron chi connectivity index (χ2n) is 3.16. The first kappa shape index (κ1) is 15.5. The van der Waals surface area contributed by atoms with Gasteiger partial charge < -0.3 is 24.3 Å². The van der Waals surface area contributed by atoms with Crippen molar-refractivity contribution in [1.82, 2.24) is 4.98 Å². The molecule has 0 aliphatic heterocycles. The SMILES string of the molecule is COC(=O)c1nc([N+](=O)[O-])c(OC)cc1OC(F)(F)F. The third kappa shape index (κ3) is 3.46. The summed E-state index contributed by atoms with van der Waals surface area (Å²) in [4.78, 5) is 24.1. The minimum absolute atomic E-state index is 0.533. The summed E-state index contributed by atoms with van der Waals surface area (Å²) in [6.07, 6.45) is -5.12. The van der Waals surface area contributed by atoms with Crippen LogP contribution < -0.4 is 9.47 Å². The summed E-state index contributed by atoms with van der Waals surface area (Å²) in [5.74, 6) is -3.92. The molecule has 0 aromatic carbocycles. The third-order valence-electron chi connectivity index (χ3n) is 1.93. The van der Waals surface area contributed by atoms with Crippen molar-refractivity contribution in [3.05, 3.63) is 21.9 Å². The zero-order valence-corrected chi connectivity index (χ0v) is 10.1. The van der Waals surface area contributed by atoms with Crippen LogP contribution in [-0.2, 0) is 4.74 Å². The molecule has 1 aromatic heterocycles. The molecule has 0 saturated heterocycles. The van der Waals surface area contributed by atoms with Crippen molar-refractivity contribution in [2.45, 2.75) is 6.36 Å². The first-order valence-electron chi connectivity index (χ1n) is 4.77. The van der Waals surface area contributed by atoms with Crippen LogP contribution in [0, 0.1) is 10.1 Å². The van der Waals surface area contributed by atoms with Gasteiger partial charge in [-0.1, -0.05) is 0 Å². The lowest BCUT2D eigenvalue weighted by Crippen LogP contribution is -2.20. The van der Waals surface area contributed by atoms with Crippen molar-refractivity contribution in [2.24, 2.45) is 0 Å². The minimum Gasteiger partial charge on any atom is -0.489 e. The van der Waals surface area contributed by atoms with Gasteiger partial charge in [0.1, 0.15) is 0 Å². The van der Waals surface area contributed by atoms with Gasteiger partial charge in [-0.15, -0.1) is 13.2 Å². The number of halogens is 3. The largest absolute Gasteiger partial charge is 0.573 e. The zero-order chi connectivity index (χ0) is 15.5. The Morgan fingerprint density at radius 2 is 1.95 bits per heavy atom. The molecular weight excluding hydrogens is 289 g/mol. The van der Waals surface area contributed by atoms with E-state index < -0.39 is 40.3 Å². The van der Waals surface area contributed by atoms with E-state index in [1.807, 2.05) is 0 Å². The Labute approximate surface area is 109 Å². The van der Waals surface area contributed by atoms with Gasteiger partial charge in [-0.05, 0) is 9.91 Å². The van der Waals surface area contributed by atoms with Gasteiger partial charge in [-0.3, -0.25) is 0 Å². The zero-order valence-electron chi connectivity index (χ0n) is 10.1. The number of nitro groups is 1. The number of aromatic nitrogens is 1. The molecule has 0 amide bonds. The van der Waals surface area contributed by atoms with Crippen LogP contribution in [0.4, 0.5) is 19.0 Å². The van der Waals surface area contributed by atoms with E-state index >= 15 is 0 Å². The van der Waals surface area contributed by atoms with Crippen LogP contribution >= 0.6 is 0 Å². The van der Waals surface area contributed by atoms with Crippen molar-refractivity contribution in [2.75, 3.05) is 14.2 Å². The van der Waals surface area contributed by atoms with Crippen molar-refractivity contribution in [1.29, 1.82) is 0 Å². The summed E-state index contributed by atoms with van der Waals surface area (Å²) in [6, 6.07) is 0.533. The molecule has 20 heavy (non-hydrogen) atoms. The summed E-state index contributed by atoms with van der Waals surface area (Å²) in [6.45, 7) is 0. The number of carbonyl (C=O) groups is 1. The number of nitrogens with zero attached hydrogens (tertiary/aromatic N) is 2. The molecule has 0 atom stereocenters. The van der Waals surface area contributed by atoms with Gasteiger partial charge in [0.15, 0.2) is 5.75 Å². The molecule has 0 aliphatic rings. The third-order valence-corrected chi connectivity index (χ3v) is 1.93. The number of ether oxygens (including phenoxy) is 3. The highest BCUT2D eigenvalue weighted by molar-refractivity contribution is 5.91. The Kier molecular flexibility index (Phi) is 4.32. The molecule has 0 spiro atoms. The second-order valence-corrected chi connectivity index (χ2v) is 3.16. The van der Waals surface area contributed by atoms with E-state index in [1.54, 1.807) is 0 Å². The fraction of sp³-hybridized carbons (Fsp3) is 0.333. The molecule has 1 heterocycles. The molecule has 0 bridgehead atoms. The highest BCUT2D eigenvalue weighted by Crippen LogP contribution is 2.34. The Bertz CT molecular complexity index is 545. The maximum Gasteiger partial charge on any atom is 0.573 e. The Hall–Kier alpha value is -2.59. The standard InChI is InChI=1S/C9H7F3N2O6/c1-18-5-3-4(20-9(10,11)12)6(8(15)19-2)13-7(5)14(16)17/h3H,1-2H3. The number of methoxy groups -OCH3 is 2. The van der Waals surface area contributed by atoms with Crippen molar-refractivity contribution in [3.63, 3.8) is 0 Å².